The number of hydrogen-bond donors (Lipinski definition) is 3. The summed E-state index contributed by atoms with van der Waals surface area (Å²) in [4.78, 5) is 25.4. The van der Waals surface area contributed by atoms with E-state index in [1.54, 1.807) is 25.1 Å². The first-order valence-electron chi connectivity index (χ1n) is 8.83. The normalized spacial score (nSPS) is 18.1. The Bertz CT molecular complexity index is 965. The Kier molecular flexibility index (Phi) is 7.18. The van der Waals surface area contributed by atoms with Crippen molar-refractivity contribution in [3.05, 3.63) is 41.4 Å². The molecule has 3 rings (SSSR count). The molecule has 0 unspecified atom stereocenters. The number of aliphatic carboxylic acids is 1. The number of benzene rings is 1. The molecule has 0 saturated carbocycles. The molecule has 2 heterocycles. The van der Waals surface area contributed by atoms with Crippen molar-refractivity contribution in [2.24, 2.45) is 0 Å². The molecule has 8 nitrogen and oxygen atoms in total. The van der Waals surface area contributed by atoms with Gasteiger partial charge in [-0.25, -0.2) is 9.78 Å². The summed E-state index contributed by atoms with van der Waals surface area (Å²) >= 11 is 0. The van der Waals surface area contributed by atoms with Gasteiger partial charge in [0.05, 0.1) is 17.3 Å². The quantitative estimate of drug-likeness (QED) is 0.691. The van der Waals surface area contributed by atoms with Crippen LogP contribution in [0.2, 0.25) is 0 Å². The fourth-order valence-electron chi connectivity index (χ4n) is 2.79. The predicted molar refractivity (Wildman–Crippen MR) is 98.4 cm³/mol. The largest absolute Gasteiger partial charge is 0.490 e. The van der Waals surface area contributed by atoms with E-state index < -0.39 is 12.1 Å². The van der Waals surface area contributed by atoms with Crippen molar-refractivity contribution in [3.63, 3.8) is 0 Å². The Labute approximate surface area is 169 Å². The van der Waals surface area contributed by atoms with E-state index >= 15 is 0 Å². The highest BCUT2D eigenvalue weighted by atomic mass is 19.4. The van der Waals surface area contributed by atoms with Gasteiger partial charge in [0.25, 0.3) is 5.89 Å². The smallest absolute Gasteiger partial charge is 0.475 e. The molecule has 1 amide bonds. The molecule has 2 atom stereocenters. The van der Waals surface area contributed by atoms with Gasteiger partial charge in [0, 0.05) is 24.2 Å². The number of hydrogen-bond acceptors (Lipinski definition) is 6. The highest BCUT2D eigenvalue weighted by Gasteiger charge is 2.38. The second-order valence-electron chi connectivity index (χ2n) is 6.64. The first-order valence-corrected chi connectivity index (χ1v) is 8.83. The van der Waals surface area contributed by atoms with Gasteiger partial charge in [-0.2, -0.15) is 18.4 Å². The summed E-state index contributed by atoms with van der Waals surface area (Å²) in [7, 11) is 0. The number of aryl methyl sites for hydroxylation is 1. The number of nitrogens with one attached hydrogen (secondary N) is 2. The van der Waals surface area contributed by atoms with Crippen LogP contribution in [0, 0.1) is 18.3 Å². The molecular formula is C19H19F3N4O4. The van der Waals surface area contributed by atoms with Crippen LogP contribution in [0.25, 0.3) is 11.3 Å². The van der Waals surface area contributed by atoms with Crippen LogP contribution in [0.15, 0.2) is 28.7 Å². The molecule has 0 bridgehead atoms. The van der Waals surface area contributed by atoms with Gasteiger partial charge in [-0.1, -0.05) is 12.1 Å². The molecule has 11 heteroatoms. The lowest BCUT2D eigenvalue weighted by Gasteiger charge is -2.09. The van der Waals surface area contributed by atoms with Gasteiger partial charge >= 0.3 is 18.1 Å². The number of halogens is 3. The van der Waals surface area contributed by atoms with Crippen molar-refractivity contribution in [1.82, 2.24) is 15.6 Å². The number of nitriles is 1. The minimum absolute atomic E-state index is 0.0550. The van der Waals surface area contributed by atoms with Gasteiger partial charge in [0.15, 0.2) is 5.76 Å². The Morgan fingerprint density at radius 1 is 1.40 bits per heavy atom. The van der Waals surface area contributed by atoms with E-state index in [1.165, 1.54) is 0 Å². The molecule has 1 aliphatic heterocycles. The van der Waals surface area contributed by atoms with Gasteiger partial charge in [-0.15, -0.1) is 0 Å². The SMILES string of the molecule is Cc1nc(C(=O)N[C@H]2CN[C@H](C)C2)oc1-c1cccc(C#N)c1.O=C(O)C(F)(F)F. The second-order valence-corrected chi connectivity index (χ2v) is 6.64. The maximum Gasteiger partial charge on any atom is 0.490 e. The number of carbonyl (C=O) groups is 2. The Hall–Kier alpha value is -3.39. The predicted octanol–water partition coefficient (Wildman–Crippen LogP) is 2.64. The van der Waals surface area contributed by atoms with Gasteiger partial charge in [-0.3, -0.25) is 4.79 Å². The summed E-state index contributed by atoms with van der Waals surface area (Å²) in [5.41, 5.74) is 1.91. The number of nitrogens with zero attached hydrogens (tertiary/aromatic N) is 2. The molecule has 1 fully saturated rings. The molecule has 1 aromatic heterocycles. The minimum atomic E-state index is -5.08. The van der Waals surface area contributed by atoms with E-state index in [1.807, 2.05) is 6.07 Å². The van der Waals surface area contributed by atoms with Crippen LogP contribution in [-0.4, -0.2) is 46.8 Å². The molecule has 3 N–H and O–H groups in total. The van der Waals surface area contributed by atoms with Crippen molar-refractivity contribution in [3.8, 4) is 17.4 Å². The zero-order valence-electron chi connectivity index (χ0n) is 16.1. The maximum atomic E-state index is 12.3. The number of carboxylic acid groups (broad SMARTS) is 1. The average Bonchev–Trinajstić information content (AvgIpc) is 3.27. The minimum Gasteiger partial charge on any atom is -0.475 e. The third-order valence-corrected chi connectivity index (χ3v) is 4.17. The maximum absolute atomic E-state index is 12.3. The summed E-state index contributed by atoms with van der Waals surface area (Å²) in [5.74, 6) is -2.49. The first kappa shape index (κ1) is 22.9. The van der Waals surface area contributed by atoms with Crippen LogP contribution in [0.5, 0.6) is 0 Å². The number of carbonyl (C=O) groups excluding carboxylic acids is 1. The number of amides is 1. The number of aromatic nitrogens is 1. The van der Waals surface area contributed by atoms with E-state index in [4.69, 9.17) is 19.6 Å². The Morgan fingerprint density at radius 3 is 2.60 bits per heavy atom. The Morgan fingerprint density at radius 2 is 2.07 bits per heavy atom. The molecule has 1 aromatic carbocycles. The molecule has 30 heavy (non-hydrogen) atoms. The first-order chi connectivity index (χ1) is 14.0. The highest BCUT2D eigenvalue weighted by Crippen LogP contribution is 2.25. The zero-order valence-corrected chi connectivity index (χ0v) is 16.1. The van der Waals surface area contributed by atoms with Gasteiger partial charge in [0.2, 0.25) is 0 Å². The van der Waals surface area contributed by atoms with Crippen molar-refractivity contribution in [2.45, 2.75) is 38.5 Å². The number of rotatable bonds is 3. The summed E-state index contributed by atoms with van der Waals surface area (Å²) in [6, 6.07) is 9.63. The van der Waals surface area contributed by atoms with E-state index in [0.29, 0.717) is 23.1 Å². The third kappa shape index (κ3) is 6.05. The van der Waals surface area contributed by atoms with Crippen LogP contribution >= 0.6 is 0 Å². The highest BCUT2D eigenvalue weighted by molar-refractivity contribution is 5.90. The van der Waals surface area contributed by atoms with Crippen molar-refractivity contribution in [1.29, 1.82) is 5.26 Å². The molecule has 0 spiro atoms. The second kappa shape index (κ2) is 9.41. The third-order valence-electron chi connectivity index (χ3n) is 4.17. The summed E-state index contributed by atoms with van der Waals surface area (Å²) in [5, 5.41) is 22.3. The molecule has 160 valence electrons. The van der Waals surface area contributed by atoms with E-state index in [9.17, 15) is 18.0 Å². The molecule has 2 aromatic rings. The lowest BCUT2D eigenvalue weighted by Crippen LogP contribution is -2.36. The molecule has 0 aliphatic carbocycles. The van der Waals surface area contributed by atoms with Crippen LogP contribution in [-0.2, 0) is 4.79 Å². The van der Waals surface area contributed by atoms with Crippen molar-refractivity contribution < 1.29 is 32.3 Å². The van der Waals surface area contributed by atoms with Crippen molar-refractivity contribution >= 4 is 11.9 Å². The van der Waals surface area contributed by atoms with E-state index in [0.717, 1.165) is 18.5 Å². The van der Waals surface area contributed by atoms with E-state index in [-0.39, 0.29) is 17.8 Å². The summed E-state index contributed by atoms with van der Waals surface area (Å²) < 4.78 is 37.4. The number of oxazole rings is 1. The fourth-order valence-corrected chi connectivity index (χ4v) is 2.79. The molecule has 1 aliphatic rings. The Balaban J connectivity index is 0.000000396. The van der Waals surface area contributed by atoms with Gasteiger partial charge in [0.1, 0.15) is 0 Å². The summed E-state index contributed by atoms with van der Waals surface area (Å²) in [6.45, 7) is 4.62. The van der Waals surface area contributed by atoms with Crippen LogP contribution in [0.1, 0.15) is 35.3 Å². The lowest BCUT2D eigenvalue weighted by atomic mass is 10.1. The average molecular weight is 424 g/mol. The van der Waals surface area contributed by atoms with E-state index in [2.05, 4.69) is 28.6 Å². The topological polar surface area (TPSA) is 128 Å². The standard InChI is InChI=1S/C17H18N4O2.C2HF3O2/c1-10-6-14(9-19-10)21-16(22)17-20-11(2)15(23-17)13-5-3-4-12(7-13)8-18;3-2(4,5)1(6)7/h3-5,7,10,14,19H,6,9H2,1-2H3,(H,21,22);(H,6,7)/t10-,14-;/m1./s1. The van der Waals surface area contributed by atoms with Crippen molar-refractivity contribution in [2.75, 3.05) is 6.54 Å². The fraction of sp³-hybridized carbons (Fsp3) is 0.368. The summed E-state index contributed by atoms with van der Waals surface area (Å²) in [6.07, 6.45) is -4.19. The number of carboxylic acids is 1. The monoisotopic (exact) mass is 424 g/mol. The molecular weight excluding hydrogens is 405 g/mol. The van der Waals surface area contributed by atoms with Gasteiger partial charge < -0.3 is 20.2 Å². The zero-order chi connectivity index (χ0) is 22.5. The number of alkyl halides is 3. The van der Waals surface area contributed by atoms with Crippen LogP contribution in [0.3, 0.4) is 0 Å². The van der Waals surface area contributed by atoms with Crippen LogP contribution < -0.4 is 10.6 Å². The lowest BCUT2D eigenvalue weighted by molar-refractivity contribution is -0.192. The molecule has 0 radical (unpaired) electrons. The van der Waals surface area contributed by atoms with Crippen LogP contribution in [0.4, 0.5) is 13.2 Å². The molecule has 1 saturated heterocycles. The van der Waals surface area contributed by atoms with Gasteiger partial charge in [-0.05, 0) is 32.4 Å².